The van der Waals surface area contributed by atoms with E-state index in [0.717, 1.165) is 22.3 Å². The number of carbonyl (C=O) groups is 1. The van der Waals surface area contributed by atoms with Crippen LogP contribution < -0.4 is 5.73 Å². The zero-order valence-electron chi connectivity index (χ0n) is 16.3. The van der Waals surface area contributed by atoms with E-state index in [2.05, 4.69) is 15.0 Å². The van der Waals surface area contributed by atoms with E-state index in [9.17, 15) is 9.18 Å². The van der Waals surface area contributed by atoms with E-state index in [4.69, 9.17) is 5.73 Å². The molecule has 0 amide bonds. The van der Waals surface area contributed by atoms with E-state index in [0.29, 0.717) is 11.3 Å². The number of aromatic nitrogens is 3. The quantitative estimate of drug-likeness (QED) is 0.495. The third kappa shape index (κ3) is 3.80. The molecule has 148 valence electrons. The summed E-state index contributed by atoms with van der Waals surface area (Å²) in [4.78, 5) is 25.8. The fourth-order valence-corrected chi connectivity index (χ4v) is 3.38. The molecule has 0 saturated heterocycles. The molecule has 0 saturated carbocycles. The van der Waals surface area contributed by atoms with Crippen LogP contribution in [0.15, 0.2) is 73.3 Å². The highest BCUT2D eigenvalue weighted by Gasteiger charge is 2.18. The van der Waals surface area contributed by atoms with E-state index < -0.39 is 5.82 Å². The Morgan fingerprint density at radius 1 is 0.933 bits per heavy atom. The summed E-state index contributed by atoms with van der Waals surface area (Å²) < 4.78 is 14.2. The molecule has 0 radical (unpaired) electrons. The molecule has 2 N–H and O–H groups in total. The molecule has 30 heavy (non-hydrogen) atoms. The largest absolute Gasteiger partial charge is 0.397 e. The first kappa shape index (κ1) is 19.4. The highest BCUT2D eigenvalue weighted by molar-refractivity contribution is 6.01. The van der Waals surface area contributed by atoms with Crippen molar-refractivity contribution in [2.75, 3.05) is 5.73 Å². The Morgan fingerprint density at radius 3 is 2.43 bits per heavy atom. The Labute approximate surface area is 173 Å². The average molecular weight is 398 g/mol. The van der Waals surface area contributed by atoms with Crippen molar-refractivity contribution in [1.29, 1.82) is 0 Å². The Morgan fingerprint density at radius 2 is 1.67 bits per heavy atom. The number of nitrogens with two attached hydrogens (primary N) is 1. The van der Waals surface area contributed by atoms with Gasteiger partial charge in [-0.05, 0) is 65.6 Å². The van der Waals surface area contributed by atoms with Crippen LogP contribution in [0.2, 0.25) is 0 Å². The molecule has 4 aromatic rings. The lowest BCUT2D eigenvalue weighted by atomic mass is 9.95. The number of benzene rings is 1. The third-order valence-corrected chi connectivity index (χ3v) is 4.91. The van der Waals surface area contributed by atoms with Crippen molar-refractivity contribution in [3.8, 4) is 22.4 Å². The van der Waals surface area contributed by atoms with Gasteiger partial charge in [-0.25, -0.2) is 9.37 Å². The summed E-state index contributed by atoms with van der Waals surface area (Å²) in [6.07, 6.45) is 6.92. The van der Waals surface area contributed by atoms with Gasteiger partial charge in [0.2, 0.25) is 0 Å². The fourth-order valence-electron chi connectivity index (χ4n) is 3.38. The molecule has 5 nitrogen and oxygen atoms in total. The van der Waals surface area contributed by atoms with Gasteiger partial charge >= 0.3 is 0 Å². The number of nitrogens with zero attached hydrogens (tertiary/aromatic N) is 3. The molecule has 0 aliphatic heterocycles. The first-order valence-electron chi connectivity index (χ1n) is 9.43. The monoisotopic (exact) mass is 398 g/mol. The standard InChI is InChI=1S/C24H19FN4O/c1-15-13-27-10-8-17(15)18-9-11-28-14-16(18)12-23(30)24-21(26)6-7-22(29-24)19-4-2-3-5-20(19)25/h2-11,13-14H,12,26H2,1H3. The lowest BCUT2D eigenvalue weighted by Crippen LogP contribution is -2.11. The normalized spacial score (nSPS) is 10.7. The second kappa shape index (κ2) is 8.21. The van der Waals surface area contributed by atoms with Crippen molar-refractivity contribution in [1.82, 2.24) is 15.0 Å². The molecule has 0 fully saturated rings. The number of aryl methyl sites for hydroxylation is 1. The topological polar surface area (TPSA) is 81.8 Å². The van der Waals surface area contributed by atoms with Gasteiger partial charge in [-0.15, -0.1) is 0 Å². The Balaban J connectivity index is 1.70. The minimum atomic E-state index is -0.407. The summed E-state index contributed by atoms with van der Waals surface area (Å²) in [5, 5.41) is 0. The maximum Gasteiger partial charge on any atom is 0.187 e. The maximum absolute atomic E-state index is 14.2. The van der Waals surface area contributed by atoms with Crippen LogP contribution in [0.4, 0.5) is 10.1 Å². The van der Waals surface area contributed by atoms with Gasteiger partial charge in [0.05, 0.1) is 11.4 Å². The molecule has 0 unspecified atom stereocenters. The third-order valence-electron chi connectivity index (χ3n) is 4.91. The van der Waals surface area contributed by atoms with Crippen LogP contribution in [0, 0.1) is 12.7 Å². The number of nitrogen functional groups attached to an aromatic ring is 1. The Bertz CT molecular complexity index is 1240. The summed E-state index contributed by atoms with van der Waals surface area (Å²) in [6, 6.07) is 13.3. The van der Waals surface area contributed by atoms with Gasteiger partial charge < -0.3 is 5.73 Å². The zero-order valence-corrected chi connectivity index (χ0v) is 16.3. The Hall–Kier alpha value is -3.93. The van der Waals surface area contributed by atoms with E-state index in [1.54, 1.807) is 55.1 Å². The first-order valence-corrected chi connectivity index (χ1v) is 9.43. The average Bonchev–Trinajstić information content (AvgIpc) is 2.75. The van der Waals surface area contributed by atoms with Crippen LogP contribution in [0.5, 0.6) is 0 Å². The molecule has 0 aliphatic carbocycles. The molecule has 6 heteroatoms. The number of anilines is 1. The molecule has 3 heterocycles. The number of carbonyl (C=O) groups excluding carboxylic acids is 1. The van der Waals surface area contributed by atoms with Gasteiger partial charge in [-0.3, -0.25) is 14.8 Å². The van der Waals surface area contributed by atoms with Crippen LogP contribution in [-0.2, 0) is 6.42 Å². The number of Topliss-reactive ketones (excluding diaryl/α,β-unsaturated/α-hetero) is 1. The predicted molar refractivity (Wildman–Crippen MR) is 114 cm³/mol. The second-order valence-corrected chi connectivity index (χ2v) is 6.94. The predicted octanol–water partition coefficient (Wildman–Crippen LogP) is 4.66. The van der Waals surface area contributed by atoms with E-state index >= 15 is 0 Å². The van der Waals surface area contributed by atoms with Crippen molar-refractivity contribution in [3.63, 3.8) is 0 Å². The summed E-state index contributed by atoms with van der Waals surface area (Å²) >= 11 is 0. The second-order valence-electron chi connectivity index (χ2n) is 6.94. The molecular weight excluding hydrogens is 379 g/mol. The number of halogens is 1. The van der Waals surface area contributed by atoms with Gasteiger partial charge in [0.25, 0.3) is 0 Å². The van der Waals surface area contributed by atoms with Crippen molar-refractivity contribution in [2.45, 2.75) is 13.3 Å². The molecular formula is C24H19FN4O. The molecule has 3 aromatic heterocycles. The summed E-state index contributed by atoms with van der Waals surface area (Å²) in [5.74, 6) is -0.664. The molecule has 0 atom stereocenters. The number of pyridine rings is 3. The van der Waals surface area contributed by atoms with Gasteiger partial charge in [0, 0.05) is 36.8 Å². The van der Waals surface area contributed by atoms with E-state index in [-0.39, 0.29) is 23.6 Å². The lowest BCUT2D eigenvalue weighted by Gasteiger charge is -2.12. The van der Waals surface area contributed by atoms with E-state index in [1.165, 1.54) is 6.07 Å². The molecule has 0 aliphatic rings. The molecule has 0 spiro atoms. The molecule has 0 bridgehead atoms. The Kier molecular flexibility index (Phi) is 5.30. The SMILES string of the molecule is Cc1cnccc1-c1ccncc1CC(=O)c1nc(-c2ccccc2F)ccc1N. The lowest BCUT2D eigenvalue weighted by molar-refractivity contribution is 0.0989. The van der Waals surface area contributed by atoms with Gasteiger partial charge in [0.15, 0.2) is 5.78 Å². The van der Waals surface area contributed by atoms with Crippen molar-refractivity contribution < 1.29 is 9.18 Å². The zero-order chi connectivity index (χ0) is 21.1. The maximum atomic E-state index is 14.2. The minimum Gasteiger partial charge on any atom is -0.397 e. The highest BCUT2D eigenvalue weighted by atomic mass is 19.1. The van der Waals surface area contributed by atoms with Gasteiger partial charge in [-0.1, -0.05) is 12.1 Å². The smallest absolute Gasteiger partial charge is 0.187 e. The van der Waals surface area contributed by atoms with Gasteiger partial charge in [0.1, 0.15) is 11.5 Å². The minimum absolute atomic E-state index is 0.0723. The number of ketones is 1. The summed E-state index contributed by atoms with van der Waals surface area (Å²) in [6.45, 7) is 1.96. The van der Waals surface area contributed by atoms with Crippen LogP contribution in [0.25, 0.3) is 22.4 Å². The molecule has 4 rings (SSSR count). The van der Waals surface area contributed by atoms with Crippen molar-refractivity contribution in [3.05, 3.63) is 96.0 Å². The van der Waals surface area contributed by atoms with Gasteiger partial charge in [-0.2, -0.15) is 0 Å². The number of hydrogen-bond donors (Lipinski definition) is 1. The van der Waals surface area contributed by atoms with Crippen LogP contribution in [-0.4, -0.2) is 20.7 Å². The highest BCUT2D eigenvalue weighted by Crippen LogP contribution is 2.28. The van der Waals surface area contributed by atoms with Crippen LogP contribution in [0.3, 0.4) is 0 Å². The van der Waals surface area contributed by atoms with Crippen molar-refractivity contribution in [2.24, 2.45) is 0 Å². The van der Waals surface area contributed by atoms with Crippen LogP contribution >= 0.6 is 0 Å². The number of hydrogen-bond acceptors (Lipinski definition) is 5. The summed E-state index contributed by atoms with van der Waals surface area (Å²) in [5.41, 5.74) is 10.7. The fraction of sp³-hybridized carbons (Fsp3) is 0.0833. The van der Waals surface area contributed by atoms with Crippen molar-refractivity contribution >= 4 is 11.5 Å². The number of rotatable bonds is 5. The molecule has 1 aromatic carbocycles. The van der Waals surface area contributed by atoms with E-state index in [1.807, 2.05) is 19.1 Å². The van der Waals surface area contributed by atoms with Crippen LogP contribution in [0.1, 0.15) is 21.6 Å². The first-order chi connectivity index (χ1) is 14.5. The summed E-state index contributed by atoms with van der Waals surface area (Å²) in [7, 11) is 0.